The number of aromatic amines is 1. The van der Waals surface area contributed by atoms with Crippen molar-refractivity contribution < 1.29 is 28.1 Å². The molecule has 0 aliphatic carbocycles. The van der Waals surface area contributed by atoms with Gasteiger partial charge in [-0.2, -0.15) is 0 Å². The third-order valence-corrected chi connectivity index (χ3v) is 6.21. The molecule has 1 aliphatic rings. The number of methoxy groups -OCH3 is 1. The van der Waals surface area contributed by atoms with Crippen LogP contribution >= 0.6 is 0 Å². The van der Waals surface area contributed by atoms with Gasteiger partial charge in [0.15, 0.2) is 11.9 Å². The monoisotopic (exact) mass is 488 g/mol. The number of alkyl halides is 2. The van der Waals surface area contributed by atoms with Crippen LogP contribution in [0.15, 0.2) is 42.5 Å². The first kappa shape index (κ1) is 24.7. The molecule has 35 heavy (non-hydrogen) atoms. The van der Waals surface area contributed by atoms with Crippen molar-refractivity contribution in [3.05, 3.63) is 64.6 Å². The fraction of sp³-hybridized carbons (Fsp3) is 0.400. The van der Waals surface area contributed by atoms with E-state index in [4.69, 9.17) is 9.47 Å². The van der Waals surface area contributed by atoms with Crippen LogP contribution in [-0.2, 0) is 10.7 Å². The van der Waals surface area contributed by atoms with Crippen molar-refractivity contribution in [3.8, 4) is 17.1 Å². The zero-order chi connectivity index (χ0) is 25.2. The van der Waals surface area contributed by atoms with Crippen LogP contribution in [0.25, 0.3) is 11.4 Å². The van der Waals surface area contributed by atoms with Crippen molar-refractivity contribution in [1.29, 1.82) is 0 Å². The van der Waals surface area contributed by atoms with Crippen molar-refractivity contribution in [2.24, 2.45) is 0 Å². The number of aromatic nitrogens is 2. The minimum Gasteiger partial charge on any atom is -0.710 e. The highest BCUT2D eigenvalue weighted by Crippen LogP contribution is 2.35. The summed E-state index contributed by atoms with van der Waals surface area (Å²) in [6.45, 7) is 5.68. The van der Waals surface area contributed by atoms with Gasteiger partial charge >= 0.3 is 0 Å². The number of morpholine rings is 1. The molecule has 0 amide bonds. The quantitative estimate of drug-likeness (QED) is 0.251. The van der Waals surface area contributed by atoms with Gasteiger partial charge in [-0.05, 0) is 30.3 Å². The van der Waals surface area contributed by atoms with E-state index < -0.39 is 12.2 Å². The van der Waals surface area contributed by atoms with Crippen LogP contribution in [0.4, 0.5) is 20.2 Å². The van der Waals surface area contributed by atoms with Gasteiger partial charge in [-0.25, -0.2) is 18.5 Å². The highest BCUT2D eigenvalue weighted by Gasteiger charge is 2.30. The van der Waals surface area contributed by atoms with Gasteiger partial charge in [-0.15, -0.1) is 0 Å². The third kappa shape index (κ3) is 5.03. The second kappa shape index (κ2) is 10.1. The molecule has 1 unspecified atom stereocenters. The van der Waals surface area contributed by atoms with Crippen LogP contribution in [-0.4, -0.2) is 43.5 Å². The molecule has 0 saturated carbocycles. The Labute approximate surface area is 202 Å². The van der Waals surface area contributed by atoms with E-state index >= 15 is 0 Å². The Bertz CT molecular complexity index is 1180. The first-order valence-electron chi connectivity index (χ1n) is 11.5. The maximum Gasteiger partial charge on any atom is 0.290 e. The van der Waals surface area contributed by atoms with E-state index in [0.29, 0.717) is 48.0 Å². The SMILES string of the molecule is CCC(F)(F)c1cccc(NC(O)c2c(C)[nH]c(-c3ccc(OC)c(N4CCOCC4)c3)[n+]2[O-])c1. The van der Waals surface area contributed by atoms with E-state index in [0.717, 1.165) is 5.69 Å². The molecule has 1 aliphatic heterocycles. The predicted octanol–water partition coefficient (Wildman–Crippen LogP) is 4.07. The number of benzene rings is 2. The van der Waals surface area contributed by atoms with E-state index in [9.17, 15) is 19.1 Å². The molecule has 0 bridgehead atoms. The molecule has 1 saturated heterocycles. The van der Waals surface area contributed by atoms with Gasteiger partial charge in [-0.3, -0.25) is 0 Å². The van der Waals surface area contributed by atoms with E-state index in [1.54, 1.807) is 32.2 Å². The smallest absolute Gasteiger partial charge is 0.290 e. The maximum atomic E-state index is 14.1. The van der Waals surface area contributed by atoms with Crippen LogP contribution in [0.1, 0.15) is 36.5 Å². The lowest BCUT2D eigenvalue weighted by molar-refractivity contribution is -0.604. The normalized spacial score (nSPS) is 15.2. The van der Waals surface area contributed by atoms with Crippen molar-refractivity contribution in [2.45, 2.75) is 32.4 Å². The number of nitrogens with zero attached hydrogens (tertiary/aromatic N) is 2. The highest BCUT2D eigenvalue weighted by atomic mass is 19.3. The summed E-state index contributed by atoms with van der Waals surface area (Å²) in [5, 5.41) is 26.8. The van der Waals surface area contributed by atoms with Crippen molar-refractivity contribution >= 4 is 11.4 Å². The number of halogens is 2. The number of H-pyrrole nitrogens is 1. The standard InChI is InChI=1S/C25H30F2N4O4/c1-4-25(26,27)18-6-5-7-19(15-18)29-24(32)22-16(2)28-23(31(22)33)17-8-9-21(34-3)20(14-17)30-10-12-35-13-11-30/h5-9,14-15,24,28-29,32H,4,10-13H2,1-3H3. The lowest BCUT2D eigenvalue weighted by atomic mass is 10.1. The molecule has 3 aromatic rings. The van der Waals surface area contributed by atoms with Crippen LogP contribution < -0.4 is 19.7 Å². The van der Waals surface area contributed by atoms with Crippen molar-refractivity contribution in [1.82, 2.24) is 4.98 Å². The molecule has 1 fully saturated rings. The van der Waals surface area contributed by atoms with E-state index in [1.807, 2.05) is 6.07 Å². The van der Waals surface area contributed by atoms with E-state index in [-0.39, 0.29) is 29.2 Å². The number of aliphatic hydroxyl groups excluding tert-OH is 1. The summed E-state index contributed by atoms with van der Waals surface area (Å²) in [6, 6.07) is 11.1. The molecule has 3 N–H and O–H groups in total. The Morgan fingerprint density at radius 2 is 2.00 bits per heavy atom. The lowest BCUT2D eigenvalue weighted by Crippen LogP contribution is -2.37. The van der Waals surface area contributed by atoms with Gasteiger partial charge in [0, 0.05) is 37.7 Å². The molecule has 8 nitrogen and oxygen atoms in total. The number of hydrogen-bond donors (Lipinski definition) is 3. The van der Waals surface area contributed by atoms with Crippen LogP contribution in [0, 0.1) is 12.1 Å². The average molecular weight is 489 g/mol. The molecule has 1 atom stereocenters. The molecule has 2 heterocycles. The summed E-state index contributed by atoms with van der Waals surface area (Å²) in [5.41, 5.74) is 2.09. The van der Waals surface area contributed by atoms with Crippen LogP contribution in [0.2, 0.25) is 0 Å². The largest absolute Gasteiger partial charge is 0.710 e. The van der Waals surface area contributed by atoms with Crippen molar-refractivity contribution in [2.75, 3.05) is 43.6 Å². The number of hydrogen-bond acceptors (Lipinski definition) is 6. The number of aryl methyl sites for hydroxylation is 1. The number of ether oxygens (including phenoxy) is 2. The summed E-state index contributed by atoms with van der Waals surface area (Å²) < 4.78 is 39.8. The minimum atomic E-state index is -2.98. The van der Waals surface area contributed by atoms with Crippen molar-refractivity contribution in [3.63, 3.8) is 0 Å². The Kier molecular flexibility index (Phi) is 7.13. The second-order valence-electron chi connectivity index (χ2n) is 8.45. The molecule has 0 radical (unpaired) electrons. The van der Waals surface area contributed by atoms with Gasteiger partial charge in [0.1, 0.15) is 11.4 Å². The summed E-state index contributed by atoms with van der Waals surface area (Å²) in [7, 11) is 1.59. The molecule has 2 aromatic carbocycles. The highest BCUT2D eigenvalue weighted by molar-refractivity contribution is 5.68. The summed E-state index contributed by atoms with van der Waals surface area (Å²) >= 11 is 0. The Morgan fingerprint density at radius 1 is 1.26 bits per heavy atom. The first-order valence-corrected chi connectivity index (χ1v) is 11.5. The van der Waals surface area contributed by atoms with Crippen LogP contribution in [0.3, 0.4) is 0 Å². The summed E-state index contributed by atoms with van der Waals surface area (Å²) in [5.74, 6) is -2.05. The molecule has 1 aromatic heterocycles. The van der Waals surface area contributed by atoms with Crippen LogP contribution in [0.5, 0.6) is 5.75 Å². The van der Waals surface area contributed by atoms with Gasteiger partial charge in [0.05, 0.1) is 31.6 Å². The first-order chi connectivity index (χ1) is 16.7. The Morgan fingerprint density at radius 3 is 2.69 bits per heavy atom. The summed E-state index contributed by atoms with van der Waals surface area (Å²) in [6.07, 6.45) is -1.76. The minimum absolute atomic E-state index is 0.0522. The van der Waals surface area contributed by atoms with E-state index in [2.05, 4.69) is 15.2 Å². The van der Waals surface area contributed by atoms with Gasteiger partial charge in [0.25, 0.3) is 11.7 Å². The fourth-order valence-corrected chi connectivity index (χ4v) is 4.23. The zero-order valence-corrected chi connectivity index (χ0v) is 20.0. The number of rotatable bonds is 8. The average Bonchev–Trinajstić information content (AvgIpc) is 3.18. The number of aliphatic hydroxyl groups is 1. The predicted molar refractivity (Wildman–Crippen MR) is 129 cm³/mol. The molecule has 188 valence electrons. The summed E-state index contributed by atoms with van der Waals surface area (Å²) in [4.78, 5) is 5.19. The molecule has 10 heteroatoms. The fourth-order valence-electron chi connectivity index (χ4n) is 4.23. The van der Waals surface area contributed by atoms with Gasteiger partial charge in [0.2, 0.25) is 0 Å². The Hall–Kier alpha value is -3.37. The van der Waals surface area contributed by atoms with Gasteiger partial charge in [-0.1, -0.05) is 19.1 Å². The number of nitrogens with one attached hydrogen (secondary N) is 2. The number of imidazole rings is 1. The van der Waals surface area contributed by atoms with E-state index in [1.165, 1.54) is 25.1 Å². The lowest BCUT2D eigenvalue weighted by Gasteiger charge is -2.30. The zero-order valence-electron chi connectivity index (χ0n) is 20.0. The van der Waals surface area contributed by atoms with Gasteiger partial charge < -0.3 is 30.0 Å². The third-order valence-electron chi connectivity index (χ3n) is 6.21. The Balaban J connectivity index is 1.63. The molecular weight excluding hydrogens is 458 g/mol. The molecule has 0 spiro atoms. The second-order valence-corrected chi connectivity index (χ2v) is 8.45. The maximum absolute atomic E-state index is 14.1. The molecular formula is C25H30F2N4O4. The number of anilines is 2. The molecule has 4 rings (SSSR count). The topological polar surface area (TPSA) is 96.7 Å².